The summed E-state index contributed by atoms with van der Waals surface area (Å²) < 4.78 is 8.71. The molecule has 0 spiro atoms. The minimum Gasteiger partial charge on any atom is -0.457 e. The molecule has 0 atom stereocenters. The highest BCUT2D eigenvalue weighted by Crippen LogP contribution is 2.49. The lowest BCUT2D eigenvalue weighted by molar-refractivity contribution is 0.418. The van der Waals surface area contributed by atoms with E-state index in [1.54, 1.807) is 0 Å². The number of nitrogens with zero attached hydrogens (tertiary/aromatic N) is 2. The van der Waals surface area contributed by atoms with Crippen LogP contribution in [0.25, 0.3) is 60.2 Å². The molecule has 0 N–H and O–H groups in total. The molecule has 1 aliphatic rings. The van der Waals surface area contributed by atoms with E-state index in [0.717, 1.165) is 50.1 Å². The number of nitriles is 1. The lowest BCUT2D eigenvalue weighted by atomic mass is 9.75. The molecule has 8 aromatic rings. The average Bonchev–Trinajstić information content (AvgIpc) is 3.40. The summed E-state index contributed by atoms with van der Waals surface area (Å²) in [7, 11) is 0. The predicted octanol–water partition coefficient (Wildman–Crippen LogP) is 11.1. The smallest absolute Gasteiger partial charge is 0.131 e. The lowest BCUT2D eigenvalue weighted by Crippen LogP contribution is -2.24. The third-order valence-corrected chi connectivity index (χ3v) is 9.65. The topological polar surface area (TPSA) is 37.9 Å². The Morgan fingerprint density at radius 1 is 0.556 bits per heavy atom. The van der Waals surface area contributed by atoms with Crippen molar-refractivity contribution in [2.24, 2.45) is 0 Å². The quantitative estimate of drug-likeness (QED) is 0.192. The van der Waals surface area contributed by atoms with Crippen LogP contribution in [0.1, 0.15) is 30.5 Å². The SMILES string of the molecule is CC1(C)c2ccccc2Oc2ccc(-c3ccc4c(c3)c3cc(C#N)ccc3n4-c3cc4ccccc4c4ccccc34)cc21. The van der Waals surface area contributed by atoms with Gasteiger partial charge in [0.1, 0.15) is 11.5 Å². The molecule has 0 fully saturated rings. The predicted molar refractivity (Wildman–Crippen MR) is 185 cm³/mol. The Labute approximate surface area is 261 Å². The van der Waals surface area contributed by atoms with Crippen molar-refractivity contribution in [3.05, 3.63) is 150 Å². The summed E-state index contributed by atoms with van der Waals surface area (Å²) in [5.74, 6) is 1.83. The van der Waals surface area contributed by atoms with Crippen LogP contribution in [0.5, 0.6) is 11.5 Å². The fourth-order valence-electron chi connectivity index (χ4n) is 7.37. The van der Waals surface area contributed by atoms with Crippen LogP contribution >= 0.6 is 0 Å². The first-order valence-electron chi connectivity index (χ1n) is 15.3. The minimum atomic E-state index is -0.195. The Hall–Kier alpha value is -5.85. The van der Waals surface area contributed by atoms with Gasteiger partial charge in [0.05, 0.1) is 28.4 Å². The van der Waals surface area contributed by atoms with Gasteiger partial charge in [-0.1, -0.05) is 92.7 Å². The average molecular weight is 577 g/mol. The summed E-state index contributed by atoms with van der Waals surface area (Å²) in [6.45, 7) is 4.54. The molecule has 3 nitrogen and oxygen atoms in total. The molecule has 0 radical (unpaired) electrons. The third-order valence-electron chi connectivity index (χ3n) is 9.65. The van der Waals surface area contributed by atoms with Gasteiger partial charge in [-0.05, 0) is 81.9 Å². The Kier molecular flexibility index (Phi) is 5.31. The molecule has 212 valence electrons. The van der Waals surface area contributed by atoms with E-state index in [4.69, 9.17) is 4.74 Å². The second-order valence-corrected chi connectivity index (χ2v) is 12.5. The molecule has 0 bridgehead atoms. The fraction of sp³-hybridized carbons (Fsp3) is 0.0714. The van der Waals surface area contributed by atoms with Crippen molar-refractivity contribution >= 4 is 43.4 Å². The number of benzene rings is 7. The second-order valence-electron chi connectivity index (χ2n) is 12.5. The van der Waals surface area contributed by atoms with Gasteiger partial charge in [0.25, 0.3) is 0 Å². The van der Waals surface area contributed by atoms with Gasteiger partial charge in [0.15, 0.2) is 0 Å². The van der Waals surface area contributed by atoms with Crippen LogP contribution in [-0.4, -0.2) is 4.57 Å². The molecule has 45 heavy (non-hydrogen) atoms. The molecule has 0 aliphatic carbocycles. The first kappa shape index (κ1) is 25.6. The van der Waals surface area contributed by atoms with Crippen molar-refractivity contribution < 1.29 is 4.74 Å². The molecule has 1 aromatic heterocycles. The third kappa shape index (κ3) is 3.70. The summed E-state index contributed by atoms with van der Waals surface area (Å²) in [6.07, 6.45) is 0. The molecule has 0 amide bonds. The highest BCUT2D eigenvalue weighted by atomic mass is 16.5. The highest BCUT2D eigenvalue weighted by molar-refractivity contribution is 6.15. The number of fused-ring (bicyclic) bond motifs is 8. The number of ether oxygens (including phenoxy) is 1. The van der Waals surface area contributed by atoms with Crippen LogP contribution in [0.4, 0.5) is 0 Å². The molecule has 3 heteroatoms. The maximum atomic E-state index is 9.85. The van der Waals surface area contributed by atoms with Gasteiger partial charge in [-0.25, -0.2) is 0 Å². The molecule has 7 aromatic carbocycles. The standard InChI is InChI=1S/C42H28N2O/c1-42(2)35-13-7-8-14-40(35)45-41-20-17-28(23-36(41)42)27-16-19-38-34(22-27)33-21-26(25-43)15-18-37(33)44(38)39-24-29-9-3-4-10-30(29)31-11-5-6-12-32(31)39/h3-24H,1-2H3. The van der Waals surface area contributed by atoms with E-state index in [9.17, 15) is 5.26 Å². The van der Waals surface area contributed by atoms with E-state index in [1.165, 1.54) is 32.7 Å². The summed E-state index contributed by atoms with van der Waals surface area (Å²) in [5, 5.41) is 16.9. The largest absolute Gasteiger partial charge is 0.457 e. The van der Waals surface area contributed by atoms with Crippen molar-refractivity contribution in [1.29, 1.82) is 5.26 Å². The molecular formula is C42H28N2O. The number of aromatic nitrogens is 1. The van der Waals surface area contributed by atoms with Crippen LogP contribution < -0.4 is 4.74 Å². The van der Waals surface area contributed by atoms with Gasteiger partial charge >= 0.3 is 0 Å². The van der Waals surface area contributed by atoms with E-state index in [2.05, 4.69) is 134 Å². The van der Waals surface area contributed by atoms with E-state index < -0.39 is 0 Å². The summed E-state index contributed by atoms with van der Waals surface area (Å²) >= 11 is 0. The van der Waals surface area contributed by atoms with Crippen LogP contribution in [0.3, 0.4) is 0 Å². The Bertz CT molecular complexity index is 2560. The van der Waals surface area contributed by atoms with Crippen LogP contribution in [-0.2, 0) is 5.41 Å². The molecule has 2 heterocycles. The van der Waals surface area contributed by atoms with E-state index >= 15 is 0 Å². The summed E-state index contributed by atoms with van der Waals surface area (Å²) in [5.41, 5.74) is 8.42. The first-order chi connectivity index (χ1) is 22.0. The van der Waals surface area contributed by atoms with E-state index in [-0.39, 0.29) is 5.41 Å². The maximum absolute atomic E-state index is 9.85. The van der Waals surface area contributed by atoms with E-state index in [0.29, 0.717) is 5.56 Å². The zero-order chi connectivity index (χ0) is 30.3. The summed E-state index contributed by atoms with van der Waals surface area (Å²) in [6, 6.07) is 49.5. The van der Waals surface area contributed by atoms with E-state index in [1.807, 2.05) is 24.3 Å². The number of hydrogen-bond donors (Lipinski definition) is 0. The molecular weight excluding hydrogens is 548 g/mol. The lowest BCUT2D eigenvalue weighted by Gasteiger charge is -2.34. The van der Waals surface area contributed by atoms with Gasteiger partial charge in [0, 0.05) is 32.7 Å². The summed E-state index contributed by atoms with van der Waals surface area (Å²) in [4.78, 5) is 0. The Morgan fingerprint density at radius 3 is 2.04 bits per heavy atom. The minimum absolute atomic E-state index is 0.195. The fourth-order valence-corrected chi connectivity index (χ4v) is 7.37. The molecule has 0 unspecified atom stereocenters. The Balaban J connectivity index is 1.29. The van der Waals surface area contributed by atoms with Gasteiger partial charge in [-0.15, -0.1) is 0 Å². The van der Waals surface area contributed by atoms with Crippen molar-refractivity contribution in [1.82, 2.24) is 4.57 Å². The Morgan fingerprint density at radius 2 is 1.20 bits per heavy atom. The second kappa shape index (κ2) is 9.32. The van der Waals surface area contributed by atoms with Crippen LogP contribution in [0, 0.1) is 11.3 Å². The van der Waals surface area contributed by atoms with Gasteiger partial charge in [-0.3, -0.25) is 0 Å². The monoisotopic (exact) mass is 576 g/mol. The molecule has 0 saturated carbocycles. The normalized spacial score (nSPS) is 13.4. The molecule has 0 saturated heterocycles. The number of rotatable bonds is 2. The van der Waals surface area contributed by atoms with Gasteiger partial charge in [-0.2, -0.15) is 5.26 Å². The first-order valence-corrected chi connectivity index (χ1v) is 15.3. The number of hydrogen-bond acceptors (Lipinski definition) is 2. The molecule has 1 aliphatic heterocycles. The van der Waals surface area contributed by atoms with Crippen molar-refractivity contribution in [2.75, 3.05) is 0 Å². The van der Waals surface area contributed by atoms with Crippen molar-refractivity contribution in [3.63, 3.8) is 0 Å². The zero-order valence-corrected chi connectivity index (χ0v) is 25.0. The maximum Gasteiger partial charge on any atom is 0.131 e. The van der Waals surface area contributed by atoms with Gasteiger partial charge in [0.2, 0.25) is 0 Å². The highest BCUT2D eigenvalue weighted by Gasteiger charge is 2.34. The van der Waals surface area contributed by atoms with Crippen LogP contribution in [0.2, 0.25) is 0 Å². The van der Waals surface area contributed by atoms with Crippen molar-refractivity contribution in [2.45, 2.75) is 19.3 Å². The molecule has 9 rings (SSSR count). The number of para-hydroxylation sites is 1. The van der Waals surface area contributed by atoms with Gasteiger partial charge < -0.3 is 9.30 Å². The van der Waals surface area contributed by atoms with Crippen LogP contribution in [0.15, 0.2) is 133 Å². The zero-order valence-electron chi connectivity index (χ0n) is 25.0. The van der Waals surface area contributed by atoms with Crippen molar-refractivity contribution in [3.8, 4) is 34.4 Å².